The van der Waals surface area contributed by atoms with Crippen molar-refractivity contribution in [2.24, 2.45) is 5.92 Å². The lowest BCUT2D eigenvalue weighted by Crippen LogP contribution is -2.45. The van der Waals surface area contributed by atoms with Crippen LogP contribution in [-0.2, 0) is 17.4 Å². The number of alkyl halides is 3. The van der Waals surface area contributed by atoms with E-state index in [2.05, 4.69) is 10.3 Å². The van der Waals surface area contributed by atoms with E-state index in [-0.39, 0.29) is 17.3 Å². The number of carbonyl (C=O) groups is 2. The molecule has 0 bridgehead atoms. The zero-order valence-electron chi connectivity index (χ0n) is 15.3. The smallest absolute Gasteiger partial charge is 0.417 e. The van der Waals surface area contributed by atoms with Crippen molar-refractivity contribution in [1.82, 2.24) is 14.7 Å². The van der Waals surface area contributed by atoms with Crippen LogP contribution in [0.2, 0.25) is 0 Å². The first kappa shape index (κ1) is 20.7. The number of carbonyl (C=O) groups excluding carboxylic acids is 1. The van der Waals surface area contributed by atoms with E-state index in [4.69, 9.17) is 0 Å². The molecule has 0 aromatic carbocycles. The van der Waals surface area contributed by atoms with Crippen LogP contribution in [0.5, 0.6) is 0 Å². The molecule has 0 radical (unpaired) electrons. The van der Waals surface area contributed by atoms with Crippen molar-refractivity contribution in [2.75, 3.05) is 0 Å². The number of rotatable bonds is 7. The number of hydrogen-bond acceptors (Lipinski definition) is 3. The maximum absolute atomic E-state index is 13.1. The number of carboxylic acid groups (broad SMARTS) is 1. The van der Waals surface area contributed by atoms with Gasteiger partial charge in [0, 0.05) is 6.20 Å². The van der Waals surface area contributed by atoms with Crippen LogP contribution in [0, 0.1) is 5.92 Å². The molecule has 2 aromatic rings. The first-order valence-corrected chi connectivity index (χ1v) is 8.71. The Labute approximate surface area is 154 Å². The Hall–Kier alpha value is -2.58. The van der Waals surface area contributed by atoms with Gasteiger partial charge in [0.1, 0.15) is 17.4 Å². The second kappa shape index (κ2) is 7.98. The van der Waals surface area contributed by atoms with E-state index >= 15 is 0 Å². The topological polar surface area (TPSA) is 83.7 Å². The molecule has 27 heavy (non-hydrogen) atoms. The van der Waals surface area contributed by atoms with E-state index in [1.807, 2.05) is 6.92 Å². The second-order valence-corrected chi connectivity index (χ2v) is 6.48. The Balaban J connectivity index is 2.54. The van der Waals surface area contributed by atoms with Crippen molar-refractivity contribution in [3.63, 3.8) is 0 Å². The van der Waals surface area contributed by atoms with Gasteiger partial charge in [-0.3, -0.25) is 9.20 Å². The normalized spacial score (nSPS) is 14.1. The molecule has 2 heterocycles. The van der Waals surface area contributed by atoms with E-state index in [9.17, 15) is 27.9 Å². The van der Waals surface area contributed by atoms with Gasteiger partial charge in [-0.2, -0.15) is 13.2 Å². The summed E-state index contributed by atoms with van der Waals surface area (Å²) >= 11 is 0. The van der Waals surface area contributed by atoms with Crippen LogP contribution in [0.1, 0.15) is 55.4 Å². The second-order valence-electron chi connectivity index (χ2n) is 6.48. The SMILES string of the molecule is CCCc1nc2ccc(C(F)(F)F)cn2c1C(=O)NC(C(=O)O)C(C)CC. The summed E-state index contributed by atoms with van der Waals surface area (Å²) < 4.78 is 40.3. The number of pyridine rings is 1. The number of fused-ring (bicyclic) bond motifs is 1. The van der Waals surface area contributed by atoms with Crippen LogP contribution < -0.4 is 5.32 Å². The summed E-state index contributed by atoms with van der Waals surface area (Å²) in [5, 5.41) is 11.8. The molecule has 0 saturated carbocycles. The fraction of sp³-hybridized carbons (Fsp3) is 0.500. The minimum Gasteiger partial charge on any atom is -0.480 e. The summed E-state index contributed by atoms with van der Waals surface area (Å²) in [5.74, 6) is -2.29. The number of hydrogen-bond donors (Lipinski definition) is 2. The number of nitrogens with zero attached hydrogens (tertiary/aromatic N) is 2. The maximum Gasteiger partial charge on any atom is 0.417 e. The van der Waals surface area contributed by atoms with Gasteiger partial charge in [-0.25, -0.2) is 9.78 Å². The minimum absolute atomic E-state index is 0.0625. The Kier molecular flexibility index (Phi) is 6.12. The molecule has 2 N–H and O–H groups in total. The third-order valence-electron chi connectivity index (χ3n) is 4.49. The molecule has 0 fully saturated rings. The van der Waals surface area contributed by atoms with E-state index in [1.165, 1.54) is 6.07 Å². The third-order valence-corrected chi connectivity index (χ3v) is 4.49. The highest BCUT2D eigenvalue weighted by atomic mass is 19.4. The summed E-state index contributed by atoms with van der Waals surface area (Å²) in [6.45, 7) is 5.33. The van der Waals surface area contributed by atoms with Crippen LogP contribution in [0.3, 0.4) is 0 Å². The highest BCUT2D eigenvalue weighted by Gasteiger charge is 2.33. The number of aryl methyl sites for hydroxylation is 1. The Morgan fingerprint density at radius 3 is 2.48 bits per heavy atom. The van der Waals surface area contributed by atoms with E-state index in [0.29, 0.717) is 25.0 Å². The molecule has 2 rings (SSSR count). The molecule has 0 saturated heterocycles. The van der Waals surface area contributed by atoms with Crippen molar-refractivity contribution in [1.29, 1.82) is 0 Å². The number of amides is 1. The van der Waals surface area contributed by atoms with Gasteiger partial charge in [0.15, 0.2) is 0 Å². The lowest BCUT2D eigenvalue weighted by Gasteiger charge is -2.20. The average Bonchev–Trinajstić information content (AvgIpc) is 2.95. The van der Waals surface area contributed by atoms with Gasteiger partial charge < -0.3 is 10.4 Å². The van der Waals surface area contributed by atoms with Crippen LogP contribution in [-0.4, -0.2) is 32.4 Å². The number of carboxylic acids is 1. The first-order valence-electron chi connectivity index (χ1n) is 8.71. The predicted molar refractivity (Wildman–Crippen MR) is 92.5 cm³/mol. The number of nitrogens with one attached hydrogen (secondary N) is 1. The summed E-state index contributed by atoms with van der Waals surface area (Å²) in [6.07, 6.45) is -2.23. The molecule has 2 aromatic heterocycles. The highest BCUT2D eigenvalue weighted by molar-refractivity contribution is 5.97. The van der Waals surface area contributed by atoms with Gasteiger partial charge in [-0.15, -0.1) is 0 Å². The minimum atomic E-state index is -4.57. The van der Waals surface area contributed by atoms with Gasteiger partial charge in [0.05, 0.1) is 11.3 Å². The lowest BCUT2D eigenvalue weighted by molar-refractivity contribution is -0.140. The highest BCUT2D eigenvalue weighted by Crippen LogP contribution is 2.30. The maximum atomic E-state index is 13.1. The monoisotopic (exact) mass is 385 g/mol. The average molecular weight is 385 g/mol. The van der Waals surface area contributed by atoms with Gasteiger partial charge >= 0.3 is 12.1 Å². The number of aromatic nitrogens is 2. The van der Waals surface area contributed by atoms with Gasteiger partial charge in [-0.05, 0) is 24.5 Å². The van der Waals surface area contributed by atoms with E-state index < -0.39 is 29.7 Å². The first-order chi connectivity index (χ1) is 12.6. The molecule has 0 aliphatic rings. The fourth-order valence-corrected chi connectivity index (χ4v) is 2.81. The molecule has 1 amide bonds. The molecule has 2 unspecified atom stereocenters. The zero-order chi connectivity index (χ0) is 20.4. The standard InChI is InChI=1S/C18H22F3N3O3/c1-4-6-12-15(16(25)23-14(17(26)27)10(3)5-2)24-9-11(18(19,20)21)7-8-13(24)22-12/h7-10,14H,4-6H2,1-3H3,(H,23,25)(H,26,27). The van der Waals surface area contributed by atoms with Crippen LogP contribution in [0.15, 0.2) is 18.3 Å². The largest absolute Gasteiger partial charge is 0.480 e. The number of aliphatic carboxylic acids is 1. The molecule has 2 atom stereocenters. The van der Waals surface area contributed by atoms with Crippen molar-refractivity contribution in [2.45, 2.75) is 52.3 Å². The number of halogens is 3. The Morgan fingerprint density at radius 2 is 1.96 bits per heavy atom. The van der Waals surface area contributed by atoms with E-state index in [0.717, 1.165) is 16.7 Å². The molecule has 0 aliphatic heterocycles. The Bertz CT molecular complexity index is 845. The third kappa shape index (κ3) is 4.40. The van der Waals surface area contributed by atoms with Crippen LogP contribution >= 0.6 is 0 Å². The van der Waals surface area contributed by atoms with Crippen LogP contribution in [0.25, 0.3) is 5.65 Å². The van der Waals surface area contributed by atoms with E-state index in [1.54, 1.807) is 13.8 Å². The number of imidazole rings is 1. The molecule has 6 nitrogen and oxygen atoms in total. The fourth-order valence-electron chi connectivity index (χ4n) is 2.81. The molecule has 0 aliphatic carbocycles. The van der Waals surface area contributed by atoms with Gasteiger partial charge in [-0.1, -0.05) is 33.6 Å². The predicted octanol–water partition coefficient (Wildman–Crippen LogP) is 3.53. The zero-order valence-corrected chi connectivity index (χ0v) is 15.3. The summed E-state index contributed by atoms with van der Waals surface area (Å²) in [4.78, 5) is 28.5. The van der Waals surface area contributed by atoms with Crippen molar-refractivity contribution >= 4 is 17.5 Å². The van der Waals surface area contributed by atoms with Crippen LogP contribution in [0.4, 0.5) is 13.2 Å². The molecule has 0 spiro atoms. The molecule has 148 valence electrons. The molecule has 9 heteroatoms. The summed E-state index contributed by atoms with van der Waals surface area (Å²) in [5.41, 5.74) is -0.441. The van der Waals surface area contributed by atoms with Crippen molar-refractivity contribution in [3.05, 3.63) is 35.3 Å². The molecular weight excluding hydrogens is 363 g/mol. The quantitative estimate of drug-likeness (QED) is 0.764. The van der Waals surface area contributed by atoms with Gasteiger partial charge in [0.25, 0.3) is 5.91 Å². The van der Waals surface area contributed by atoms with Crippen molar-refractivity contribution in [3.8, 4) is 0 Å². The Morgan fingerprint density at radius 1 is 1.30 bits per heavy atom. The van der Waals surface area contributed by atoms with Crippen molar-refractivity contribution < 1.29 is 27.9 Å². The molecular formula is C18H22F3N3O3. The lowest BCUT2D eigenvalue weighted by atomic mass is 9.99. The van der Waals surface area contributed by atoms with Gasteiger partial charge in [0.2, 0.25) is 0 Å². The summed E-state index contributed by atoms with van der Waals surface area (Å²) in [7, 11) is 0. The summed E-state index contributed by atoms with van der Waals surface area (Å²) in [6, 6.07) is 0.953.